The molecule has 0 aliphatic carbocycles. The molecule has 0 heterocycles. The van der Waals surface area contributed by atoms with E-state index in [1.54, 1.807) is 42.5 Å². The molecule has 138 valence electrons. The smallest absolute Gasteiger partial charge is 0.252 e. The first-order valence-electron chi connectivity index (χ1n) is 8.38. The van der Waals surface area contributed by atoms with Gasteiger partial charge in [-0.25, -0.2) is 0 Å². The Morgan fingerprint density at radius 2 is 1.77 bits per heavy atom. The average Bonchev–Trinajstić information content (AvgIpc) is 2.64. The first-order valence-corrected chi connectivity index (χ1v) is 8.38. The third kappa shape index (κ3) is 4.99. The van der Waals surface area contributed by atoms with E-state index in [-0.39, 0.29) is 0 Å². The number of methoxy groups -OCH3 is 1. The lowest BCUT2D eigenvalue weighted by Crippen LogP contribution is -2.37. The van der Waals surface area contributed by atoms with E-state index in [1.165, 1.54) is 7.11 Å². The summed E-state index contributed by atoms with van der Waals surface area (Å²) in [6, 6.07) is 12.8. The van der Waals surface area contributed by atoms with Crippen LogP contribution >= 0.6 is 0 Å². The van der Waals surface area contributed by atoms with Gasteiger partial charge >= 0.3 is 0 Å². The van der Waals surface area contributed by atoms with Crippen LogP contribution in [0.15, 0.2) is 48.5 Å². The number of carbonyl (C=O) groups excluding carboxylic acids is 2. The molecular weight excluding hydrogens is 332 g/mol. The Labute approximate surface area is 153 Å². The first kappa shape index (κ1) is 19.3. The van der Waals surface area contributed by atoms with Crippen molar-refractivity contribution in [3.05, 3.63) is 59.7 Å². The molecule has 0 bridgehead atoms. The maximum absolute atomic E-state index is 12.6. The predicted molar refractivity (Wildman–Crippen MR) is 99.2 cm³/mol. The minimum absolute atomic E-state index is 0.348. The Morgan fingerprint density at radius 3 is 2.35 bits per heavy atom. The normalized spacial score (nSPS) is 11.7. The number of benzene rings is 2. The molecular formula is C20H24N2O4. The average molecular weight is 356 g/mol. The van der Waals surface area contributed by atoms with Gasteiger partial charge in [-0.2, -0.15) is 0 Å². The van der Waals surface area contributed by atoms with Crippen LogP contribution in [0.2, 0.25) is 0 Å². The lowest BCUT2D eigenvalue weighted by Gasteiger charge is -2.17. The van der Waals surface area contributed by atoms with E-state index in [0.717, 1.165) is 0 Å². The van der Waals surface area contributed by atoms with Crippen molar-refractivity contribution in [2.75, 3.05) is 13.7 Å². The Morgan fingerprint density at radius 1 is 1.08 bits per heavy atom. The largest absolute Gasteiger partial charge is 0.493 e. The lowest BCUT2D eigenvalue weighted by atomic mass is 10.1. The van der Waals surface area contributed by atoms with Crippen molar-refractivity contribution >= 4 is 11.8 Å². The van der Waals surface area contributed by atoms with Crippen molar-refractivity contribution in [2.24, 2.45) is 11.7 Å². The Hall–Kier alpha value is -3.02. The molecule has 1 atom stereocenters. The standard InChI is InChI=1S/C20H24N2O4/c1-13(2)12-26-16-10-9-15(11-17(16)25-3)20(24)22-18(19(21)23)14-7-5-4-6-8-14/h4-11,13,18H,12H2,1-3H3,(H2,21,23)(H,22,24). The van der Waals surface area contributed by atoms with Crippen LogP contribution in [0, 0.1) is 5.92 Å². The van der Waals surface area contributed by atoms with Crippen LogP contribution in [0.25, 0.3) is 0 Å². The topological polar surface area (TPSA) is 90.6 Å². The SMILES string of the molecule is COc1cc(C(=O)NC(C(N)=O)c2ccccc2)ccc1OCC(C)C. The first-order chi connectivity index (χ1) is 12.4. The molecule has 0 radical (unpaired) electrons. The second-order valence-corrected chi connectivity index (χ2v) is 6.29. The van der Waals surface area contributed by atoms with Gasteiger partial charge in [-0.1, -0.05) is 44.2 Å². The summed E-state index contributed by atoms with van der Waals surface area (Å²) in [4.78, 5) is 24.3. The molecule has 0 aliphatic heterocycles. The molecule has 0 aromatic heterocycles. The summed E-state index contributed by atoms with van der Waals surface area (Å²) in [7, 11) is 1.51. The molecule has 3 N–H and O–H groups in total. The molecule has 2 rings (SSSR count). The fourth-order valence-corrected chi connectivity index (χ4v) is 2.36. The number of hydrogen-bond acceptors (Lipinski definition) is 4. The zero-order valence-electron chi connectivity index (χ0n) is 15.2. The van der Waals surface area contributed by atoms with Gasteiger partial charge in [0, 0.05) is 5.56 Å². The molecule has 6 nitrogen and oxygen atoms in total. The van der Waals surface area contributed by atoms with Crippen molar-refractivity contribution < 1.29 is 19.1 Å². The van der Waals surface area contributed by atoms with Gasteiger partial charge in [-0.15, -0.1) is 0 Å². The number of primary amides is 1. The number of nitrogens with one attached hydrogen (secondary N) is 1. The highest BCUT2D eigenvalue weighted by Gasteiger charge is 2.21. The molecule has 0 spiro atoms. The molecule has 0 aliphatic rings. The molecule has 6 heteroatoms. The molecule has 2 amide bonds. The van der Waals surface area contributed by atoms with Crippen LogP contribution in [-0.4, -0.2) is 25.5 Å². The lowest BCUT2D eigenvalue weighted by molar-refractivity contribution is -0.120. The fraction of sp³-hybridized carbons (Fsp3) is 0.300. The number of rotatable bonds is 8. The minimum Gasteiger partial charge on any atom is -0.493 e. The molecule has 2 aromatic rings. The summed E-state index contributed by atoms with van der Waals surface area (Å²) in [5.74, 6) is 0.325. The van der Waals surface area contributed by atoms with Crippen LogP contribution in [0.5, 0.6) is 11.5 Å². The second-order valence-electron chi connectivity index (χ2n) is 6.29. The highest BCUT2D eigenvalue weighted by molar-refractivity contribution is 5.98. The molecule has 1 unspecified atom stereocenters. The summed E-state index contributed by atoms with van der Waals surface area (Å²) in [6.07, 6.45) is 0. The maximum Gasteiger partial charge on any atom is 0.252 e. The van der Waals surface area contributed by atoms with Gasteiger partial charge in [0.1, 0.15) is 6.04 Å². The Balaban J connectivity index is 2.19. The van der Waals surface area contributed by atoms with Gasteiger partial charge in [0.05, 0.1) is 13.7 Å². The number of carbonyl (C=O) groups is 2. The quantitative estimate of drug-likeness (QED) is 0.761. The third-order valence-corrected chi connectivity index (χ3v) is 3.69. The van der Waals surface area contributed by atoms with Crippen LogP contribution in [0.3, 0.4) is 0 Å². The van der Waals surface area contributed by atoms with Crippen LogP contribution in [0.4, 0.5) is 0 Å². The van der Waals surface area contributed by atoms with Crippen LogP contribution < -0.4 is 20.5 Å². The van der Waals surface area contributed by atoms with Crippen molar-refractivity contribution in [1.29, 1.82) is 0 Å². The van der Waals surface area contributed by atoms with Gasteiger partial charge in [-0.05, 0) is 29.7 Å². The summed E-state index contributed by atoms with van der Waals surface area (Å²) in [6.45, 7) is 4.63. The van der Waals surface area contributed by atoms with Crippen molar-refractivity contribution in [3.8, 4) is 11.5 Å². The van der Waals surface area contributed by atoms with E-state index >= 15 is 0 Å². The van der Waals surface area contributed by atoms with E-state index in [4.69, 9.17) is 15.2 Å². The molecule has 26 heavy (non-hydrogen) atoms. The van der Waals surface area contributed by atoms with Gasteiger partial charge in [-0.3, -0.25) is 9.59 Å². The highest BCUT2D eigenvalue weighted by atomic mass is 16.5. The molecule has 0 saturated heterocycles. The van der Waals surface area contributed by atoms with Crippen molar-refractivity contribution in [3.63, 3.8) is 0 Å². The summed E-state index contributed by atoms with van der Waals surface area (Å²) < 4.78 is 11.0. The van der Waals surface area contributed by atoms with Gasteiger partial charge < -0.3 is 20.5 Å². The Bertz CT molecular complexity index is 760. The van der Waals surface area contributed by atoms with E-state index in [9.17, 15) is 9.59 Å². The second kappa shape index (κ2) is 8.89. The fourth-order valence-electron chi connectivity index (χ4n) is 2.36. The van der Waals surface area contributed by atoms with Crippen LogP contribution in [0.1, 0.15) is 35.8 Å². The van der Waals surface area contributed by atoms with E-state index in [1.807, 2.05) is 19.9 Å². The maximum atomic E-state index is 12.6. The van der Waals surface area contributed by atoms with Crippen LogP contribution in [-0.2, 0) is 4.79 Å². The monoisotopic (exact) mass is 356 g/mol. The van der Waals surface area contributed by atoms with Gasteiger partial charge in [0.2, 0.25) is 5.91 Å². The minimum atomic E-state index is -0.911. The van der Waals surface area contributed by atoms with Gasteiger partial charge in [0.25, 0.3) is 5.91 Å². The summed E-state index contributed by atoms with van der Waals surface area (Å²) >= 11 is 0. The van der Waals surface area contributed by atoms with E-state index in [0.29, 0.717) is 35.2 Å². The summed E-state index contributed by atoms with van der Waals surface area (Å²) in [5, 5.41) is 2.66. The highest BCUT2D eigenvalue weighted by Crippen LogP contribution is 2.28. The van der Waals surface area contributed by atoms with Crippen molar-refractivity contribution in [1.82, 2.24) is 5.32 Å². The van der Waals surface area contributed by atoms with E-state index < -0.39 is 17.9 Å². The molecule has 0 saturated carbocycles. The zero-order valence-corrected chi connectivity index (χ0v) is 15.2. The number of amides is 2. The molecule has 0 fully saturated rings. The zero-order chi connectivity index (χ0) is 19.1. The third-order valence-electron chi connectivity index (χ3n) is 3.69. The number of nitrogens with two attached hydrogens (primary N) is 1. The van der Waals surface area contributed by atoms with E-state index in [2.05, 4.69) is 5.32 Å². The molecule has 2 aromatic carbocycles. The predicted octanol–water partition coefficient (Wildman–Crippen LogP) is 2.69. The van der Waals surface area contributed by atoms with Gasteiger partial charge in [0.15, 0.2) is 11.5 Å². The Kier molecular flexibility index (Phi) is 6.60. The number of hydrogen-bond donors (Lipinski definition) is 2. The summed E-state index contributed by atoms with van der Waals surface area (Å²) in [5.41, 5.74) is 6.42. The number of ether oxygens (including phenoxy) is 2. The van der Waals surface area contributed by atoms with Crippen molar-refractivity contribution in [2.45, 2.75) is 19.9 Å².